The van der Waals surface area contributed by atoms with Gasteiger partial charge in [-0.25, -0.2) is 8.42 Å². The first-order valence-electron chi connectivity index (χ1n) is 8.74. The van der Waals surface area contributed by atoms with Crippen LogP contribution in [0.3, 0.4) is 0 Å². The van der Waals surface area contributed by atoms with Crippen LogP contribution in [0.5, 0.6) is 0 Å². The van der Waals surface area contributed by atoms with E-state index in [4.69, 9.17) is 23.2 Å². The van der Waals surface area contributed by atoms with Crippen LogP contribution >= 0.6 is 23.2 Å². The summed E-state index contributed by atoms with van der Waals surface area (Å²) in [5, 5.41) is 5.72. The Morgan fingerprint density at radius 3 is 2.41 bits per heavy atom. The van der Waals surface area contributed by atoms with Gasteiger partial charge in [0.25, 0.3) is 15.9 Å². The number of rotatable bonds is 8. The molecule has 2 aromatic carbocycles. The second kappa shape index (κ2) is 9.96. The van der Waals surface area contributed by atoms with E-state index in [9.17, 15) is 18.0 Å². The lowest BCUT2D eigenvalue weighted by Crippen LogP contribution is -2.34. The average Bonchev–Trinajstić information content (AvgIpc) is 2.63. The predicted molar refractivity (Wildman–Crippen MR) is 114 cm³/mol. The molecule has 7 nitrogen and oxygen atoms in total. The Morgan fingerprint density at radius 1 is 1.03 bits per heavy atom. The summed E-state index contributed by atoms with van der Waals surface area (Å²) in [7, 11) is -3.91. The molecule has 0 aliphatic carbocycles. The summed E-state index contributed by atoms with van der Waals surface area (Å²) < 4.78 is 27.4. The molecule has 0 aromatic heterocycles. The number of hydrogen-bond acceptors (Lipinski definition) is 4. The van der Waals surface area contributed by atoms with E-state index in [-0.39, 0.29) is 51.1 Å². The second-order valence-corrected chi connectivity index (χ2v) is 8.99. The lowest BCUT2D eigenvalue weighted by atomic mass is 10.2. The van der Waals surface area contributed by atoms with Gasteiger partial charge in [-0.2, -0.15) is 0 Å². The fourth-order valence-electron chi connectivity index (χ4n) is 2.37. The SMILES string of the molecule is CC(C)NC(=O)CCNC(=O)c1cccc(NS(=O)(=O)c2ccc(Cl)c(Cl)c2)c1. The first-order chi connectivity index (χ1) is 13.6. The van der Waals surface area contributed by atoms with E-state index < -0.39 is 15.9 Å². The topological polar surface area (TPSA) is 104 Å². The van der Waals surface area contributed by atoms with Gasteiger partial charge in [0, 0.05) is 30.3 Å². The minimum Gasteiger partial charge on any atom is -0.354 e. The summed E-state index contributed by atoms with van der Waals surface area (Å²) in [6.45, 7) is 3.86. The maximum absolute atomic E-state index is 12.5. The molecule has 0 aliphatic heterocycles. The quantitative estimate of drug-likeness (QED) is 0.564. The molecule has 0 atom stereocenters. The third-order valence-corrected chi connectivity index (χ3v) is 5.78. The normalized spacial score (nSPS) is 11.2. The van der Waals surface area contributed by atoms with Crippen LogP contribution in [0.2, 0.25) is 10.0 Å². The van der Waals surface area contributed by atoms with Gasteiger partial charge in [0.2, 0.25) is 5.91 Å². The van der Waals surface area contributed by atoms with Crippen molar-refractivity contribution in [1.29, 1.82) is 0 Å². The Morgan fingerprint density at radius 2 is 1.76 bits per heavy atom. The van der Waals surface area contributed by atoms with Crippen LogP contribution in [-0.4, -0.2) is 32.8 Å². The highest BCUT2D eigenvalue weighted by Gasteiger charge is 2.16. The molecule has 0 saturated heterocycles. The molecule has 0 spiro atoms. The highest BCUT2D eigenvalue weighted by Crippen LogP contribution is 2.26. The Bertz CT molecular complexity index is 1010. The van der Waals surface area contributed by atoms with Gasteiger partial charge in [-0.3, -0.25) is 14.3 Å². The molecule has 0 radical (unpaired) electrons. The third kappa shape index (κ3) is 6.92. The number of hydrogen-bond donors (Lipinski definition) is 3. The van der Waals surface area contributed by atoms with Gasteiger partial charge in [0.05, 0.1) is 14.9 Å². The molecular formula is C19H21Cl2N3O4S. The van der Waals surface area contributed by atoms with E-state index in [0.29, 0.717) is 0 Å². The Balaban J connectivity index is 2.04. The van der Waals surface area contributed by atoms with Crippen molar-refractivity contribution < 1.29 is 18.0 Å². The first-order valence-corrected chi connectivity index (χ1v) is 11.0. The highest BCUT2D eigenvalue weighted by atomic mass is 35.5. The number of carbonyl (C=O) groups is 2. The molecule has 29 heavy (non-hydrogen) atoms. The van der Waals surface area contributed by atoms with Crippen molar-refractivity contribution in [3.05, 3.63) is 58.1 Å². The molecule has 2 rings (SSSR count). The Kier molecular flexibility index (Phi) is 7.89. The monoisotopic (exact) mass is 457 g/mol. The van der Waals surface area contributed by atoms with Crippen molar-refractivity contribution in [3.8, 4) is 0 Å². The maximum atomic E-state index is 12.5. The summed E-state index contributed by atoms with van der Waals surface area (Å²) in [5.74, 6) is -0.582. The standard InChI is InChI=1S/C19H21Cl2N3O4S/c1-12(2)23-18(25)8-9-22-19(26)13-4-3-5-14(10-13)24-29(27,28)15-6-7-16(20)17(21)11-15/h3-7,10-12,24H,8-9H2,1-2H3,(H,22,26)(H,23,25). The van der Waals surface area contributed by atoms with Crippen molar-refractivity contribution in [2.75, 3.05) is 11.3 Å². The van der Waals surface area contributed by atoms with E-state index in [0.717, 1.165) is 0 Å². The maximum Gasteiger partial charge on any atom is 0.261 e. The zero-order valence-electron chi connectivity index (χ0n) is 15.8. The minimum atomic E-state index is -3.91. The lowest BCUT2D eigenvalue weighted by molar-refractivity contribution is -0.121. The van der Waals surface area contributed by atoms with Gasteiger partial charge in [-0.15, -0.1) is 0 Å². The Labute approximate surface area is 179 Å². The zero-order valence-corrected chi connectivity index (χ0v) is 18.2. The zero-order chi connectivity index (χ0) is 21.6. The fraction of sp³-hybridized carbons (Fsp3) is 0.263. The van der Waals surface area contributed by atoms with Crippen LogP contribution in [0.15, 0.2) is 47.4 Å². The van der Waals surface area contributed by atoms with Crippen LogP contribution in [0.1, 0.15) is 30.6 Å². The van der Waals surface area contributed by atoms with Gasteiger partial charge in [-0.05, 0) is 50.2 Å². The number of nitrogens with one attached hydrogen (secondary N) is 3. The summed E-state index contributed by atoms with van der Waals surface area (Å²) in [6, 6.07) is 9.99. The average molecular weight is 458 g/mol. The highest BCUT2D eigenvalue weighted by molar-refractivity contribution is 7.92. The van der Waals surface area contributed by atoms with E-state index >= 15 is 0 Å². The van der Waals surface area contributed by atoms with Crippen LogP contribution in [-0.2, 0) is 14.8 Å². The molecule has 2 aromatic rings. The van der Waals surface area contributed by atoms with Crippen molar-refractivity contribution in [2.24, 2.45) is 0 Å². The van der Waals surface area contributed by atoms with Gasteiger partial charge in [0.1, 0.15) is 0 Å². The molecule has 0 bridgehead atoms. The number of amides is 2. The van der Waals surface area contributed by atoms with E-state index in [1.807, 2.05) is 13.8 Å². The molecule has 0 saturated carbocycles. The van der Waals surface area contributed by atoms with Crippen molar-refractivity contribution >= 4 is 50.7 Å². The van der Waals surface area contributed by atoms with Crippen LogP contribution in [0, 0.1) is 0 Å². The van der Waals surface area contributed by atoms with Crippen LogP contribution < -0.4 is 15.4 Å². The number of sulfonamides is 1. The predicted octanol–water partition coefficient (Wildman–Crippen LogP) is 3.44. The molecule has 10 heteroatoms. The van der Waals surface area contributed by atoms with Gasteiger partial charge in [-0.1, -0.05) is 29.3 Å². The summed E-state index contributed by atoms with van der Waals surface area (Å²) in [6.07, 6.45) is 0.146. The van der Waals surface area contributed by atoms with Crippen molar-refractivity contribution in [2.45, 2.75) is 31.2 Å². The van der Waals surface area contributed by atoms with Gasteiger partial charge >= 0.3 is 0 Å². The summed E-state index contributed by atoms with van der Waals surface area (Å²) in [5.41, 5.74) is 0.463. The molecule has 0 aliphatic rings. The largest absolute Gasteiger partial charge is 0.354 e. The smallest absolute Gasteiger partial charge is 0.261 e. The summed E-state index contributed by atoms with van der Waals surface area (Å²) in [4.78, 5) is 23.8. The van der Waals surface area contributed by atoms with Crippen LogP contribution in [0.25, 0.3) is 0 Å². The van der Waals surface area contributed by atoms with E-state index in [1.54, 1.807) is 12.1 Å². The van der Waals surface area contributed by atoms with Crippen molar-refractivity contribution in [3.63, 3.8) is 0 Å². The first kappa shape index (κ1) is 23.0. The molecule has 156 valence electrons. The lowest BCUT2D eigenvalue weighted by Gasteiger charge is -2.11. The third-order valence-electron chi connectivity index (χ3n) is 3.67. The number of benzene rings is 2. The number of halogens is 2. The van der Waals surface area contributed by atoms with Crippen molar-refractivity contribution in [1.82, 2.24) is 10.6 Å². The second-order valence-electron chi connectivity index (χ2n) is 6.49. The molecule has 2 amide bonds. The Hall–Kier alpha value is -2.29. The molecular weight excluding hydrogens is 437 g/mol. The molecule has 0 fully saturated rings. The molecule has 0 heterocycles. The molecule has 3 N–H and O–H groups in total. The van der Waals surface area contributed by atoms with E-state index in [2.05, 4.69) is 15.4 Å². The molecule has 0 unspecified atom stereocenters. The minimum absolute atomic E-state index is 0.0263. The van der Waals surface area contributed by atoms with E-state index in [1.165, 1.54) is 30.3 Å². The summed E-state index contributed by atoms with van der Waals surface area (Å²) >= 11 is 11.7. The fourth-order valence-corrected chi connectivity index (χ4v) is 3.81. The number of carbonyl (C=O) groups excluding carboxylic acids is 2. The van der Waals surface area contributed by atoms with Gasteiger partial charge in [0.15, 0.2) is 0 Å². The van der Waals surface area contributed by atoms with Gasteiger partial charge < -0.3 is 10.6 Å². The number of anilines is 1. The van der Waals surface area contributed by atoms with Crippen LogP contribution in [0.4, 0.5) is 5.69 Å².